The van der Waals surface area contributed by atoms with Crippen LogP contribution in [0, 0.1) is 0 Å². The number of pyridine rings is 1. The summed E-state index contributed by atoms with van der Waals surface area (Å²) in [7, 11) is 0. The standard InChI is InChI=1S/C34H21N/c1-3-9-24-20(7-1)17-22-13-14-23-18-28-27(33(23)32(22)24)16-15-26-25-10-4-6-12-30(25)35-29-11-5-2-8-21(29)19-31(35)34(26)28/h1-16,19H,17-18H2. The first-order valence-corrected chi connectivity index (χ1v) is 12.5. The van der Waals surface area contributed by atoms with Crippen molar-refractivity contribution in [2.45, 2.75) is 12.8 Å². The van der Waals surface area contributed by atoms with Crippen LogP contribution in [0.3, 0.4) is 0 Å². The Morgan fingerprint density at radius 1 is 0.486 bits per heavy atom. The van der Waals surface area contributed by atoms with E-state index in [0.29, 0.717) is 0 Å². The first-order valence-electron chi connectivity index (χ1n) is 12.5. The third-order valence-corrected chi connectivity index (χ3v) is 8.40. The molecule has 0 spiro atoms. The zero-order valence-electron chi connectivity index (χ0n) is 19.2. The molecule has 0 bridgehead atoms. The molecule has 1 heteroatoms. The molecule has 0 unspecified atom stereocenters. The average molecular weight is 444 g/mol. The molecule has 162 valence electrons. The minimum absolute atomic E-state index is 0.993. The lowest BCUT2D eigenvalue weighted by Crippen LogP contribution is -1.94. The smallest absolute Gasteiger partial charge is 0.0550 e. The van der Waals surface area contributed by atoms with Gasteiger partial charge >= 0.3 is 0 Å². The molecule has 2 aromatic heterocycles. The molecule has 7 aromatic rings. The van der Waals surface area contributed by atoms with Gasteiger partial charge in [0.1, 0.15) is 0 Å². The van der Waals surface area contributed by atoms with Crippen LogP contribution in [0.5, 0.6) is 0 Å². The summed E-state index contributed by atoms with van der Waals surface area (Å²) in [5, 5.41) is 5.40. The molecule has 0 saturated carbocycles. The first-order chi connectivity index (χ1) is 17.4. The SMILES string of the molecule is c1ccc2c(c1)Cc1ccc3c(c1-2)-c1ccc2c4ccccc4n4c5ccccc5cc4c2c1C3. The average Bonchev–Trinajstić information content (AvgIpc) is 3.59. The molecular formula is C34H21N. The van der Waals surface area contributed by atoms with Crippen LogP contribution in [0.4, 0.5) is 0 Å². The lowest BCUT2D eigenvalue weighted by molar-refractivity contribution is 1.24. The minimum atomic E-state index is 0.993. The molecule has 2 heterocycles. The van der Waals surface area contributed by atoms with E-state index in [1.165, 1.54) is 82.6 Å². The van der Waals surface area contributed by atoms with Crippen LogP contribution in [0.1, 0.15) is 22.3 Å². The van der Waals surface area contributed by atoms with Gasteiger partial charge in [-0.3, -0.25) is 0 Å². The third kappa shape index (κ3) is 2.15. The van der Waals surface area contributed by atoms with E-state index in [-0.39, 0.29) is 0 Å². The van der Waals surface area contributed by atoms with E-state index in [9.17, 15) is 0 Å². The van der Waals surface area contributed by atoms with Gasteiger partial charge in [-0.15, -0.1) is 0 Å². The van der Waals surface area contributed by atoms with Gasteiger partial charge in [0, 0.05) is 16.2 Å². The maximum Gasteiger partial charge on any atom is 0.0550 e. The molecule has 0 atom stereocenters. The van der Waals surface area contributed by atoms with Crippen molar-refractivity contribution < 1.29 is 0 Å². The predicted molar refractivity (Wildman–Crippen MR) is 146 cm³/mol. The zero-order chi connectivity index (χ0) is 22.7. The predicted octanol–water partition coefficient (Wildman–Crippen LogP) is 8.54. The van der Waals surface area contributed by atoms with Crippen molar-refractivity contribution in [3.05, 3.63) is 125 Å². The van der Waals surface area contributed by atoms with Crippen LogP contribution in [0.25, 0.3) is 60.3 Å². The topological polar surface area (TPSA) is 4.41 Å². The van der Waals surface area contributed by atoms with E-state index >= 15 is 0 Å². The molecule has 2 aliphatic carbocycles. The van der Waals surface area contributed by atoms with Gasteiger partial charge in [0.05, 0.1) is 16.6 Å². The highest BCUT2D eigenvalue weighted by Gasteiger charge is 2.30. The van der Waals surface area contributed by atoms with Crippen molar-refractivity contribution in [1.82, 2.24) is 4.40 Å². The summed E-state index contributed by atoms with van der Waals surface area (Å²) in [5.74, 6) is 0. The molecule has 5 aromatic carbocycles. The largest absolute Gasteiger partial charge is 0.309 e. The normalized spacial score (nSPS) is 13.5. The molecular weight excluding hydrogens is 422 g/mol. The molecule has 0 saturated heterocycles. The molecule has 2 aliphatic rings. The van der Waals surface area contributed by atoms with Crippen LogP contribution >= 0.6 is 0 Å². The Bertz CT molecular complexity index is 2050. The molecule has 35 heavy (non-hydrogen) atoms. The van der Waals surface area contributed by atoms with E-state index < -0.39 is 0 Å². The van der Waals surface area contributed by atoms with Gasteiger partial charge in [0.15, 0.2) is 0 Å². The lowest BCUT2D eigenvalue weighted by Gasteiger charge is -2.14. The van der Waals surface area contributed by atoms with Gasteiger partial charge in [-0.25, -0.2) is 0 Å². The second-order valence-corrected chi connectivity index (χ2v) is 10.1. The van der Waals surface area contributed by atoms with Crippen molar-refractivity contribution in [3.8, 4) is 22.3 Å². The number of nitrogens with zero attached hydrogens (tertiary/aromatic N) is 1. The van der Waals surface area contributed by atoms with Crippen molar-refractivity contribution in [1.29, 1.82) is 0 Å². The summed E-state index contributed by atoms with van der Waals surface area (Å²) in [6.07, 6.45) is 2.04. The Balaban J connectivity index is 1.47. The van der Waals surface area contributed by atoms with E-state index in [4.69, 9.17) is 0 Å². The molecule has 0 radical (unpaired) electrons. The first kappa shape index (κ1) is 18.0. The second kappa shape index (κ2) is 6.20. The van der Waals surface area contributed by atoms with E-state index in [0.717, 1.165) is 12.8 Å². The fourth-order valence-electron chi connectivity index (χ4n) is 6.99. The summed E-state index contributed by atoms with van der Waals surface area (Å²) >= 11 is 0. The monoisotopic (exact) mass is 443 g/mol. The Morgan fingerprint density at radius 2 is 1.23 bits per heavy atom. The fraction of sp³-hybridized carbons (Fsp3) is 0.0588. The van der Waals surface area contributed by atoms with Crippen LogP contribution in [0.2, 0.25) is 0 Å². The van der Waals surface area contributed by atoms with Gasteiger partial charge < -0.3 is 4.40 Å². The summed E-state index contributed by atoms with van der Waals surface area (Å²) in [6, 6.07) is 38.6. The maximum atomic E-state index is 2.48. The van der Waals surface area contributed by atoms with Crippen molar-refractivity contribution in [2.75, 3.05) is 0 Å². The molecule has 9 rings (SSSR count). The molecule has 0 N–H and O–H groups in total. The zero-order valence-corrected chi connectivity index (χ0v) is 19.2. The molecule has 1 nitrogen and oxygen atoms in total. The van der Waals surface area contributed by atoms with Crippen LogP contribution in [-0.4, -0.2) is 4.40 Å². The third-order valence-electron chi connectivity index (χ3n) is 8.40. The van der Waals surface area contributed by atoms with Gasteiger partial charge in [0.2, 0.25) is 0 Å². The fourth-order valence-corrected chi connectivity index (χ4v) is 6.99. The summed E-state index contributed by atoms with van der Waals surface area (Å²) < 4.78 is 2.48. The number of benzene rings is 5. The number of aromatic nitrogens is 1. The van der Waals surface area contributed by atoms with Crippen molar-refractivity contribution >= 4 is 38.1 Å². The second-order valence-electron chi connectivity index (χ2n) is 10.1. The van der Waals surface area contributed by atoms with Crippen molar-refractivity contribution in [2.24, 2.45) is 0 Å². The highest BCUT2D eigenvalue weighted by Crippen LogP contribution is 2.51. The minimum Gasteiger partial charge on any atom is -0.309 e. The Labute approximate surface area is 202 Å². The summed E-state index contributed by atoms with van der Waals surface area (Å²) in [4.78, 5) is 0. The van der Waals surface area contributed by atoms with Crippen LogP contribution < -0.4 is 0 Å². The Hall–Kier alpha value is -4.36. The van der Waals surface area contributed by atoms with Gasteiger partial charge in [0.25, 0.3) is 0 Å². The molecule has 0 aliphatic heterocycles. The number of hydrogen-bond donors (Lipinski definition) is 0. The van der Waals surface area contributed by atoms with E-state index in [1.807, 2.05) is 0 Å². The number of para-hydroxylation sites is 2. The summed E-state index contributed by atoms with van der Waals surface area (Å²) in [6.45, 7) is 0. The van der Waals surface area contributed by atoms with E-state index in [2.05, 4.69) is 108 Å². The van der Waals surface area contributed by atoms with Crippen molar-refractivity contribution in [3.63, 3.8) is 0 Å². The number of fused-ring (bicyclic) bond motifs is 16. The van der Waals surface area contributed by atoms with Gasteiger partial charge in [-0.1, -0.05) is 84.9 Å². The maximum absolute atomic E-state index is 2.48. The highest BCUT2D eigenvalue weighted by molar-refractivity contribution is 6.19. The molecule has 0 fully saturated rings. The quantitative estimate of drug-likeness (QED) is 0.207. The van der Waals surface area contributed by atoms with Crippen LogP contribution in [0.15, 0.2) is 103 Å². The highest BCUT2D eigenvalue weighted by atomic mass is 14.9. The number of rotatable bonds is 0. The summed E-state index contributed by atoms with van der Waals surface area (Å²) in [5.41, 5.74) is 15.5. The number of hydrogen-bond acceptors (Lipinski definition) is 0. The Kier molecular flexibility index (Phi) is 3.19. The Morgan fingerprint density at radius 3 is 2.17 bits per heavy atom. The molecule has 0 amide bonds. The van der Waals surface area contributed by atoms with Gasteiger partial charge in [-0.2, -0.15) is 0 Å². The van der Waals surface area contributed by atoms with Crippen LogP contribution in [-0.2, 0) is 12.8 Å². The lowest BCUT2D eigenvalue weighted by atomic mass is 9.92. The van der Waals surface area contributed by atoms with E-state index in [1.54, 1.807) is 0 Å². The van der Waals surface area contributed by atoms with Gasteiger partial charge in [-0.05, 0) is 80.9 Å².